The fourth-order valence-electron chi connectivity index (χ4n) is 3.53. The molecule has 0 spiro atoms. The van der Waals surface area contributed by atoms with Crippen LogP contribution in [0.5, 0.6) is 0 Å². The summed E-state index contributed by atoms with van der Waals surface area (Å²) >= 11 is 0. The third-order valence-corrected chi connectivity index (χ3v) is 4.81. The monoisotopic (exact) mass is 332 g/mol. The topological polar surface area (TPSA) is 59.2 Å². The van der Waals surface area contributed by atoms with Gasteiger partial charge in [-0.25, -0.2) is 0 Å². The van der Waals surface area contributed by atoms with Gasteiger partial charge in [-0.2, -0.15) is 10.2 Å². The minimum atomic E-state index is 0.232. The van der Waals surface area contributed by atoms with Crippen LogP contribution in [0.4, 0.5) is 0 Å². The zero-order valence-corrected chi connectivity index (χ0v) is 15.0. The average Bonchev–Trinajstić information content (AvgIpc) is 3.15. The molecule has 132 valence electrons. The highest BCUT2D eigenvalue weighted by Gasteiger charge is 2.21. The van der Waals surface area contributed by atoms with Gasteiger partial charge in [-0.3, -0.25) is 19.1 Å². The molecule has 1 fully saturated rings. The van der Waals surface area contributed by atoms with E-state index < -0.39 is 0 Å². The second-order valence-electron chi connectivity index (χ2n) is 6.48. The van der Waals surface area contributed by atoms with Gasteiger partial charge in [0, 0.05) is 39.1 Å². The predicted octanol–water partition coefficient (Wildman–Crippen LogP) is 1.51. The van der Waals surface area contributed by atoms with Crippen LogP contribution in [0.25, 0.3) is 11.0 Å². The molecule has 0 radical (unpaired) electrons. The van der Waals surface area contributed by atoms with E-state index in [1.807, 2.05) is 27.4 Å². The minimum Gasteiger partial charge on any atom is -0.340 e. The van der Waals surface area contributed by atoms with E-state index in [9.17, 15) is 4.79 Å². The van der Waals surface area contributed by atoms with Gasteiger partial charge in [-0.15, -0.1) is 0 Å². The van der Waals surface area contributed by atoms with Crippen molar-refractivity contribution in [3.63, 3.8) is 0 Å². The van der Waals surface area contributed by atoms with Crippen molar-refractivity contribution < 1.29 is 4.79 Å². The molecule has 3 rings (SSSR count). The summed E-state index contributed by atoms with van der Waals surface area (Å²) in [6, 6.07) is 0. The minimum absolute atomic E-state index is 0.232. The third-order valence-electron chi connectivity index (χ3n) is 4.81. The first-order valence-corrected chi connectivity index (χ1v) is 9.03. The Balaban J connectivity index is 1.58. The van der Waals surface area contributed by atoms with Crippen molar-refractivity contribution in [3.05, 3.63) is 11.9 Å². The molecule has 1 saturated heterocycles. The zero-order valence-electron chi connectivity index (χ0n) is 15.0. The number of rotatable bonds is 6. The number of amides is 1. The highest BCUT2D eigenvalue weighted by atomic mass is 16.2. The predicted molar refractivity (Wildman–Crippen MR) is 93.9 cm³/mol. The standard InChI is InChI=1S/C17H28N6O/c1-4-7-20-9-11-21(12-10-20)16(24)6-8-23-17-14(3)19-22(5-2)15(17)13-18-23/h13H,4-12H2,1-3H3. The van der Waals surface area contributed by atoms with Gasteiger partial charge < -0.3 is 4.90 Å². The van der Waals surface area contributed by atoms with E-state index in [4.69, 9.17) is 0 Å². The van der Waals surface area contributed by atoms with Crippen LogP contribution in [-0.2, 0) is 17.9 Å². The second-order valence-corrected chi connectivity index (χ2v) is 6.48. The summed E-state index contributed by atoms with van der Waals surface area (Å²) < 4.78 is 3.89. The van der Waals surface area contributed by atoms with Crippen molar-refractivity contribution in [2.24, 2.45) is 0 Å². The molecule has 2 aromatic rings. The van der Waals surface area contributed by atoms with Crippen molar-refractivity contribution >= 4 is 16.9 Å². The highest BCUT2D eigenvalue weighted by Crippen LogP contribution is 2.18. The van der Waals surface area contributed by atoms with Crippen molar-refractivity contribution in [1.82, 2.24) is 29.4 Å². The molecule has 3 heterocycles. The van der Waals surface area contributed by atoms with Crippen LogP contribution in [0.15, 0.2) is 6.20 Å². The van der Waals surface area contributed by atoms with E-state index in [1.165, 1.54) is 6.42 Å². The number of aromatic nitrogens is 4. The van der Waals surface area contributed by atoms with E-state index >= 15 is 0 Å². The van der Waals surface area contributed by atoms with Crippen LogP contribution in [0, 0.1) is 6.92 Å². The Morgan fingerprint density at radius 2 is 1.88 bits per heavy atom. The molecule has 0 N–H and O–H groups in total. The first-order valence-electron chi connectivity index (χ1n) is 9.03. The second kappa shape index (κ2) is 7.34. The lowest BCUT2D eigenvalue weighted by Crippen LogP contribution is -2.48. The molecule has 0 aliphatic carbocycles. The summed E-state index contributed by atoms with van der Waals surface area (Å²) in [7, 11) is 0. The van der Waals surface area contributed by atoms with Gasteiger partial charge >= 0.3 is 0 Å². The lowest BCUT2D eigenvalue weighted by atomic mass is 10.2. The normalized spacial score (nSPS) is 16.2. The maximum Gasteiger partial charge on any atom is 0.224 e. The number of carbonyl (C=O) groups excluding carboxylic acids is 1. The summed E-state index contributed by atoms with van der Waals surface area (Å²) in [6.45, 7) is 12.5. The molecule has 0 bridgehead atoms. The molecule has 1 aliphatic rings. The number of fused-ring (bicyclic) bond motifs is 1. The van der Waals surface area contributed by atoms with Gasteiger partial charge in [0.2, 0.25) is 5.91 Å². The van der Waals surface area contributed by atoms with Crippen molar-refractivity contribution in [2.75, 3.05) is 32.7 Å². The Morgan fingerprint density at radius 3 is 2.54 bits per heavy atom. The maximum absolute atomic E-state index is 12.5. The van der Waals surface area contributed by atoms with E-state index in [2.05, 4.69) is 28.9 Å². The van der Waals surface area contributed by atoms with Crippen molar-refractivity contribution in [1.29, 1.82) is 0 Å². The number of hydrogen-bond acceptors (Lipinski definition) is 4. The Kier molecular flexibility index (Phi) is 5.18. The molecule has 7 heteroatoms. The smallest absolute Gasteiger partial charge is 0.224 e. The molecule has 1 aliphatic heterocycles. The number of hydrogen-bond donors (Lipinski definition) is 0. The van der Waals surface area contributed by atoms with E-state index in [0.717, 1.165) is 56.0 Å². The molecule has 24 heavy (non-hydrogen) atoms. The van der Waals surface area contributed by atoms with Crippen LogP contribution in [0.1, 0.15) is 32.4 Å². The molecule has 0 aromatic carbocycles. The van der Waals surface area contributed by atoms with Gasteiger partial charge in [0.05, 0.1) is 18.4 Å². The van der Waals surface area contributed by atoms with Gasteiger partial charge in [0.15, 0.2) is 0 Å². The summed E-state index contributed by atoms with van der Waals surface area (Å²) in [5.74, 6) is 0.232. The fourth-order valence-corrected chi connectivity index (χ4v) is 3.53. The van der Waals surface area contributed by atoms with Crippen LogP contribution in [0.2, 0.25) is 0 Å². The molecular formula is C17H28N6O. The van der Waals surface area contributed by atoms with Crippen molar-refractivity contribution in [3.8, 4) is 0 Å². The molecule has 0 saturated carbocycles. The van der Waals surface area contributed by atoms with Crippen molar-refractivity contribution in [2.45, 2.75) is 46.7 Å². The largest absolute Gasteiger partial charge is 0.340 e. The maximum atomic E-state index is 12.5. The molecule has 2 aromatic heterocycles. The molecular weight excluding hydrogens is 304 g/mol. The molecule has 1 amide bonds. The lowest BCUT2D eigenvalue weighted by Gasteiger charge is -2.34. The van der Waals surface area contributed by atoms with Crippen LogP contribution < -0.4 is 0 Å². The average molecular weight is 332 g/mol. The van der Waals surface area contributed by atoms with Crippen LogP contribution in [0.3, 0.4) is 0 Å². The Morgan fingerprint density at radius 1 is 1.12 bits per heavy atom. The lowest BCUT2D eigenvalue weighted by molar-refractivity contribution is -0.133. The summed E-state index contributed by atoms with van der Waals surface area (Å²) in [5, 5.41) is 8.98. The van der Waals surface area contributed by atoms with Gasteiger partial charge in [-0.1, -0.05) is 6.92 Å². The Bertz CT molecular complexity index is 695. The summed E-state index contributed by atoms with van der Waals surface area (Å²) in [4.78, 5) is 16.9. The van der Waals surface area contributed by atoms with Crippen LogP contribution in [-0.4, -0.2) is 68.0 Å². The first kappa shape index (κ1) is 17.0. The number of carbonyl (C=O) groups is 1. The molecule has 0 atom stereocenters. The van der Waals surface area contributed by atoms with E-state index in [0.29, 0.717) is 13.0 Å². The Labute approximate surface area is 143 Å². The highest BCUT2D eigenvalue weighted by molar-refractivity contribution is 5.79. The zero-order chi connectivity index (χ0) is 17.1. The fraction of sp³-hybridized carbons (Fsp3) is 0.706. The Hall–Kier alpha value is -1.89. The first-order chi connectivity index (χ1) is 11.6. The van der Waals surface area contributed by atoms with E-state index in [-0.39, 0.29) is 5.91 Å². The van der Waals surface area contributed by atoms with Gasteiger partial charge in [0.1, 0.15) is 11.0 Å². The summed E-state index contributed by atoms with van der Waals surface area (Å²) in [5.41, 5.74) is 3.08. The molecule has 7 nitrogen and oxygen atoms in total. The number of aryl methyl sites for hydroxylation is 3. The summed E-state index contributed by atoms with van der Waals surface area (Å²) in [6.07, 6.45) is 3.53. The number of nitrogens with zero attached hydrogens (tertiary/aromatic N) is 6. The third kappa shape index (κ3) is 3.31. The van der Waals surface area contributed by atoms with E-state index in [1.54, 1.807) is 0 Å². The van der Waals surface area contributed by atoms with Gasteiger partial charge in [0.25, 0.3) is 0 Å². The molecule has 0 unspecified atom stereocenters. The quantitative estimate of drug-likeness (QED) is 0.804. The van der Waals surface area contributed by atoms with Crippen LogP contribution >= 0.6 is 0 Å². The van der Waals surface area contributed by atoms with Gasteiger partial charge in [-0.05, 0) is 26.8 Å². The number of piperazine rings is 1. The SMILES string of the molecule is CCCN1CCN(C(=O)CCn2ncc3c2c(C)nn3CC)CC1.